The maximum Gasteiger partial charge on any atom is 0.210 e. The summed E-state index contributed by atoms with van der Waals surface area (Å²) in [7, 11) is 1.53. The van der Waals surface area contributed by atoms with Gasteiger partial charge in [0.25, 0.3) is 0 Å². The molecule has 0 aliphatic heterocycles. The molecule has 5 nitrogen and oxygen atoms in total. The summed E-state index contributed by atoms with van der Waals surface area (Å²) in [6.45, 7) is 0. The molecule has 5 rings (SSSR count). The van der Waals surface area contributed by atoms with Gasteiger partial charge < -0.3 is 9.14 Å². The number of nitrogens with zero attached hydrogens (tertiary/aromatic N) is 1. The van der Waals surface area contributed by atoms with E-state index in [1.807, 2.05) is 0 Å². The van der Waals surface area contributed by atoms with E-state index in [1.165, 1.54) is 7.11 Å². The predicted octanol–water partition coefficient (Wildman–Crippen LogP) is 3.95. The largest absolute Gasteiger partial charge is 0.497 e. The molecule has 0 amide bonds. The van der Waals surface area contributed by atoms with Gasteiger partial charge in [0.15, 0.2) is 11.6 Å². The first-order chi connectivity index (χ1) is 14.1. The number of hydrogen-bond acceptors (Lipinski definition) is 4. The lowest BCUT2D eigenvalue weighted by Gasteiger charge is -2.21. The van der Waals surface area contributed by atoms with Crippen LogP contribution in [-0.4, -0.2) is 28.9 Å². The van der Waals surface area contributed by atoms with E-state index in [0.717, 1.165) is 0 Å². The topological polar surface area (TPSA) is 64.8 Å². The van der Waals surface area contributed by atoms with Gasteiger partial charge in [-0.1, -0.05) is 36.4 Å². The van der Waals surface area contributed by atoms with Crippen molar-refractivity contribution in [3.05, 3.63) is 106 Å². The van der Waals surface area contributed by atoms with E-state index in [9.17, 15) is 14.4 Å². The van der Waals surface area contributed by atoms with Gasteiger partial charge in [-0.25, -0.2) is 0 Å². The number of methoxy groups -OCH3 is 1. The molecule has 0 bridgehead atoms. The van der Waals surface area contributed by atoms with Crippen LogP contribution in [0, 0.1) is 0 Å². The molecule has 0 spiro atoms. The third-order valence-corrected chi connectivity index (χ3v) is 5.25. The van der Waals surface area contributed by atoms with Crippen LogP contribution >= 0.6 is 0 Å². The molecule has 0 atom stereocenters. The average Bonchev–Trinajstić information content (AvgIpc) is 3.24. The number of ketones is 3. The van der Waals surface area contributed by atoms with Gasteiger partial charge in [0.1, 0.15) is 11.4 Å². The first-order valence-corrected chi connectivity index (χ1v) is 9.11. The zero-order valence-corrected chi connectivity index (χ0v) is 15.5. The number of ether oxygens (including phenoxy) is 1. The molecule has 0 saturated carbocycles. The molecule has 0 radical (unpaired) electrons. The van der Waals surface area contributed by atoms with Gasteiger partial charge in [-0.2, -0.15) is 0 Å². The number of aromatic nitrogens is 1. The molecule has 29 heavy (non-hydrogen) atoms. The van der Waals surface area contributed by atoms with Gasteiger partial charge in [-0.15, -0.1) is 0 Å². The Hall–Kier alpha value is -3.99. The quantitative estimate of drug-likeness (QED) is 0.444. The van der Waals surface area contributed by atoms with Crippen molar-refractivity contribution in [2.24, 2.45) is 0 Å². The van der Waals surface area contributed by atoms with Crippen LogP contribution in [0.1, 0.15) is 47.9 Å². The summed E-state index contributed by atoms with van der Waals surface area (Å²) >= 11 is 0. The number of rotatable bonds is 3. The van der Waals surface area contributed by atoms with Crippen molar-refractivity contribution in [1.29, 1.82) is 0 Å². The molecule has 1 aliphatic carbocycles. The zero-order valence-electron chi connectivity index (χ0n) is 15.5. The predicted molar refractivity (Wildman–Crippen MR) is 107 cm³/mol. The van der Waals surface area contributed by atoms with Gasteiger partial charge in [-0.05, 0) is 30.3 Å². The first-order valence-electron chi connectivity index (χ1n) is 9.11. The summed E-state index contributed by atoms with van der Waals surface area (Å²) in [5, 5.41) is 0. The Kier molecular flexibility index (Phi) is 3.71. The minimum Gasteiger partial charge on any atom is -0.497 e. The second-order valence-electron chi connectivity index (χ2n) is 6.85. The van der Waals surface area contributed by atoms with Gasteiger partial charge >= 0.3 is 0 Å². The first kappa shape index (κ1) is 17.1. The Morgan fingerprint density at radius 3 is 2.34 bits per heavy atom. The Labute approximate surface area is 166 Å². The highest BCUT2D eigenvalue weighted by molar-refractivity contribution is 6.32. The lowest BCUT2D eigenvalue weighted by molar-refractivity contribution is 0.0969. The lowest BCUT2D eigenvalue weighted by atomic mass is 9.82. The average molecular weight is 381 g/mol. The molecular weight excluding hydrogens is 366 g/mol. The Morgan fingerprint density at radius 2 is 1.59 bits per heavy atom. The molecule has 4 aromatic rings. The number of benzene rings is 2. The Balaban J connectivity index is 1.82. The molecule has 0 saturated heterocycles. The second-order valence-corrected chi connectivity index (χ2v) is 6.85. The smallest absolute Gasteiger partial charge is 0.210 e. The number of carbonyl (C=O) groups excluding carboxylic acids is 3. The maximum atomic E-state index is 13.5. The summed E-state index contributed by atoms with van der Waals surface area (Å²) < 4.78 is 6.90. The van der Waals surface area contributed by atoms with Gasteiger partial charge in [0, 0.05) is 34.0 Å². The molecule has 2 aromatic carbocycles. The van der Waals surface area contributed by atoms with E-state index >= 15 is 0 Å². The number of pyridine rings is 1. The van der Waals surface area contributed by atoms with E-state index < -0.39 is 0 Å². The van der Waals surface area contributed by atoms with Crippen molar-refractivity contribution < 1.29 is 19.1 Å². The minimum absolute atomic E-state index is 0.144. The summed E-state index contributed by atoms with van der Waals surface area (Å²) in [4.78, 5) is 40.0. The fourth-order valence-corrected chi connectivity index (χ4v) is 3.88. The van der Waals surface area contributed by atoms with Crippen LogP contribution in [-0.2, 0) is 0 Å². The molecule has 0 N–H and O–H groups in total. The second kappa shape index (κ2) is 6.27. The monoisotopic (exact) mass is 381 g/mol. The Morgan fingerprint density at radius 1 is 0.828 bits per heavy atom. The fourth-order valence-electron chi connectivity index (χ4n) is 3.88. The molecule has 5 heteroatoms. The van der Waals surface area contributed by atoms with Crippen LogP contribution in [0.2, 0.25) is 0 Å². The summed E-state index contributed by atoms with van der Waals surface area (Å²) in [5.74, 6) is -0.379. The van der Waals surface area contributed by atoms with Crippen LogP contribution < -0.4 is 4.74 Å². The molecule has 0 fully saturated rings. The highest BCUT2D eigenvalue weighted by Gasteiger charge is 2.35. The van der Waals surface area contributed by atoms with Crippen LogP contribution in [0.25, 0.3) is 5.52 Å². The number of hydrogen-bond donors (Lipinski definition) is 0. The normalized spacial score (nSPS) is 12.6. The molecule has 140 valence electrons. The van der Waals surface area contributed by atoms with Crippen molar-refractivity contribution in [3.8, 4) is 5.75 Å². The highest BCUT2D eigenvalue weighted by atomic mass is 16.5. The molecular formula is C24H15NO4. The third kappa shape index (κ3) is 2.44. The van der Waals surface area contributed by atoms with Crippen molar-refractivity contribution in [1.82, 2.24) is 4.40 Å². The summed E-state index contributed by atoms with van der Waals surface area (Å²) in [5.41, 5.74) is 2.32. The fraction of sp³-hybridized carbons (Fsp3) is 0.0417. The molecule has 2 heterocycles. The van der Waals surface area contributed by atoms with E-state index in [2.05, 4.69) is 0 Å². The van der Waals surface area contributed by atoms with Gasteiger partial charge in [0.2, 0.25) is 5.78 Å². The standard InChI is InChI=1S/C24H15NO4/c1-29-16-8-4-6-14(12-16)22(26)21-20-19(13-15-7-5-11-25(15)21)23(27)17-9-2-3-10-18(17)24(20)28/h2-13H,1H3. The van der Waals surface area contributed by atoms with Crippen molar-refractivity contribution in [2.75, 3.05) is 7.11 Å². The van der Waals surface area contributed by atoms with Crippen molar-refractivity contribution in [3.63, 3.8) is 0 Å². The van der Waals surface area contributed by atoms with E-state index in [1.54, 1.807) is 77.3 Å². The van der Waals surface area contributed by atoms with Crippen LogP contribution in [0.4, 0.5) is 0 Å². The van der Waals surface area contributed by atoms with Crippen molar-refractivity contribution in [2.45, 2.75) is 0 Å². The summed E-state index contributed by atoms with van der Waals surface area (Å²) in [6.07, 6.45) is 1.72. The highest BCUT2D eigenvalue weighted by Crippen LogP contribution is 2.32. The zero-order chi connectivity index (χ0) is 20.1. The molecule has 2 aromatic heterocycles. The number of fused-ring (bicyclic) bond motifs is 3. The number of carbonyl (C=O) groups is 3. The SMILES string of the molecule is COc1cccc(C(=O)c2c3c(cc4cccn24)C(=O)c2ccccc2C3=O)c1. The van der Waals surface area contributed by atoms with Crippen LogP contribution in [0.5, 0.6) is 5.75 Å². The Bertz CT molecular complexity index is 1350. The molecule has 1 aliphatic rings. The van der Waals surface area contributed by atoms with Crippen LogP contribution in [0.15, 0.2) is 72.9 Å². The van der Waals surface area contributed by atoms with Crippen LogP contribution in [0.3, 0.4) is 0 Å². The van der Waals surface area contributed by atoms with E-state index in [-0.39, 0.29) is 34.2 Å². The minimum atomic E-state index is -0.345. The van der Waals surface area contributed by atoms with Crippen molar-refractivity contribution >= 4 is 22.9 Å². The van der Waals surface area contributed by atoms with E-state index in [4.69, 9.17) is 4.74 Å². The van der Waals surface area contributed by atoms with Gasteiger partial charge in [-0.3, -0.25) is 14.4 Å². The molecule has 0 unspecified atom stereocenters. The third-order valence-electron chi connectivity index (χ3n) is 5.25. The maximum absolute atomic E-state index is 13.5. The van der Waals surface area contributed by atoms with Gasteiger partial charge in [0.05, 0.1) is 12.7 Å². The summed E-state index contributed by atoms with van der Waals surface area (Å²) in [6, 6.07) is 18.7. The lowest BCUT2D eigenvalue weighted by Crippen LogP contribution is -2.26. The van der Waals surface area contributed by atoms with E-state index in [0.29, 0.717) is 28.0 Å².